The molecule has 12 heteroatoms. The molecule has 0 saturated carbocycles. The van der Waals surface area contributed by atoms with Gasteiger partial charge in [-0.3, -0.25) is 4.79 Å². The molecule has 0 spiro atoms. The maximum Gasteiger partial charge on any atom is 0.434 e. The van der Waals surface area contributed by atoms with Gasteiger partial charge in [0.25, 0.3) is 5.91 Å². The molecule has 0 saturated heterocycles. The van der Waals surface area contributed by atoms with Crippen LogP contribution >= 0.6 is 11.6 Å². The molecular formula is C19H18ClF3N6O2. The number of nitrogens with zero attached hydrogens (tertiary/aromatic N) is 6. The molecule has 1 atom stereocenters. The molecular weight excluding hydrogens is 437 g/mol. The third-order valence-corrected chi connectivity index (χ3v) is 4.58. The average molecular weight is 455 g/mol. The molecule has 2 heterocycles. The van der Waals surface area contributed by atoms with Crippen molar-refractivity contribution in [2.45, 2.75) is 26.1 Å². The third kappa shape index (κ3) is 5.29. The smallest absolute Gasteiger partial charge is 0.434 e. The van der Waals surface area contributed by atoms with Crippen LogP contribution in [0, 0.1) is 0 Å². The third-order valence-electron chi connectivity index (χ3n) is 4.35. The second-order valence-corrected chi connectivity index (χ2v) is 6.91. The fraction of sp³-hybridized carbons (Fsp3) is 0.316. The molecule has 164 valence electrons. The van der Waals surface area contributed by atoms with Gasteiger partial charge in [0.05, 0.1) is 42.1 Å². The number of amides is 1. The molecule has 0 aliphatic carbocycles. The zero-order valence-electron chi connectivity index (χ0n) is 16.5. The van der Waals surface area contributed by atoms with Crippen molar-refractivity contribution in [3.05, 3.63) is 59.3 Å². The predicted molar refractivity (Wildman–Crippen MR) is 105 cm³/mol. The summed E-state index contributed by atoms with van der Waals surface area (Å²) in [4.78, 5) is 23.0. The number of alkyl halides is 3. The van der Waals surface area contributed by atoms with Gasteiger partial charge in [0, 0.05) is 11.6 Å². The Kier molecular flexibility index (Phi) is 6.74. The highest BCUT2D eigenvalue weighted by atomic mass is 35.5. The number of hydrogen-bond acceptors (Lipinski definition) is 6. The van der Waals surface area contributed by atoms with Gasteiger partial charge in [0.1, 0.15) is 6.61 Å². The predicted octanol–water partition coefficient (Wildman–Crippen LogP) is 3.66. The van der Waals surface area contributed by atoms with E-state index in [-0.39, 0.29) is 18.4 Å². The molecule has 0 unspecified atom stereocenters. The van der Waals surface area contributed by atoms with Gasteiger partial charge in [-0.05, 0) is 32.0 Å². The number of carbonyl (C=O) groups is 1. The molecule has 0 bridgehead atoms. The Morgan fingerprint density at radius 3 is 2.52 bits per heavy atom. The van der Waals surface area contributed by atoms with Gasteiger partial charge in [-0.15, -0.1) is 0 Å². The van der Waals surface area contributed by atoms with E-state index in [0.29, 0.717) is 29.0 Å². The van der Waals surface area contributed by atoms with E-state index in [0.717, 1.165) is 6.20 Å². The summed E-state index contributed by atoms with van der Waals surface area (Å²) in [5.41, 5.74) is -0.355. The zero-order chi connectivity index (χ0) is 22.6. The molecule has 0 N–H and O–H groups in total. The Bertz CT molecular complexity index is 1030. The lowest BCUT2D eigenvalue weighted by atomic mass is 10.1. The minimum atomic E-state index is -4.58. The minimum absolute atomic E-state index is 0.00255. The second-order valence-electron chi connectivity index (χ2n) is 6.47. The van der Waals surface area contributed by atoms with Crippen LogP contribution in [-0.4, -0.2) is 55.0 Å². The Morgan fingerprint density at radius 1 is 1.23 bits per heavy atom. The highest BCUT2D eigenvalue weighted by Gasteiger charge is 2.33. The van der Waals surface area contributed by atoms with Gasteiger partial charge in [-0.2, -0.15) is 28.2 Å². The summed E-state index contributed by atoms with van der Waals surface area (Å²) in [6.07, 6.45) is -0.124. The summed E-state index contributed by atoms with van der Waals surface area (Å²) >= 11 is 6.07. The fourth-order valence-electron chi connectivity index (χ4n) is 2.83. The quantitative estimate of drug-likeness (QED) is 0.541. The number of hydrogen-bond donors (Lipinski definition) is 0. The molecule has 0 aliphatic heterocycles. The number of halogens is 4. The number of aromatic nitrogens is 5. The van der Waals surface area contributed by atoms with Crippen LogP contribution in [0.2, 0.25) is 5.02 Å². The monoisotopic (exact) mass is 454 g/mol. The molecule has 8 nitrogen and oxygen atoms in total. The maximum atomic E-state index is 13.2. The van der Waals surface area contributed by atoms with E-state index in [1.807, 2.05) is 0 Å². The van der Waals surface area contributed by atoms with Crippen LogP contribution in [0.25, 0.3) is 5.69 Å². The zero-order valence-corrected chi connectivity index (χ0v) is 17.3. The first kappa shape index (κ1) is 22.5. The van der Waals surface area contributed by atoms with Crippen LogP contribution in [-0.2, 0) is 6.18 Å². The van der Waals surface area contributed by atoms with Crippen LogP contribution in [0.5, 0.6) is 5.88 Å². The van der Waals surface area contributed by atoms with Crippen molar-refractivity contribution in [1.82, 2.24) is 29.9 Å². The molecule has 3 rings (SSSR count). The van der Waals surface area contributed by atoms with E-state index >= 15 is 0 Å². The van der Waals surface area contributed by atoms with E-state index in [9.17, 15) is 18.0 Å². The van der Waals surface area contributed by atoms with Crippen LogP contribution in [0.1, 0.15) is 29.9 Å². The lowest BCUT2D eigenvalue weighted by Gasteiger charge is -2.28. The van der Waals surface area contributed by atoms with Crippen LogP contribution in [0.4, 0.5) is 13.2 Å². The standard InChI is InChI=1S/C19H18ClF3N6O2/c1-3-28(12(2)11-31-17-10-24-16(9-25-17)19(21,22)23)18(30)14-5-4-13(20)8-15(14)29-26-6-7-27-29/h4-10,12H,3,11H2,1-2H3/t12-/m0/s1. The van der Waals surface area contributed by atoms with Crippen molar-refractivity contribution in [2.75, 3.05) is 13.2 Å². The number of likely N-dealkylation sites (N-methyl/N-ethyl adjacent to an activating group) is 1. The lowest BCUT2D eigenvalue weighted by molar-refractivity contribution is -0.141. The van der Waals surface area contributed by atoms with Gasteiger partial charge < -0.3 is 9.64 Å². The maximum absolute atomic E-state index is 13.2. The van der Waals surface area contributed by atoms with Crippen molar-refractivity contribution < 1.29 is 22.7 Å². The lowest BCUT2D eigenvalue weighted by Crippen LogP contribution is -2.42. The number of benzene rings is 1. The van der Waals surface area contributed by atoms with E-state index in [2.05, 4.69) is 20.2 Å². The van der Waals surface area contributed by atoms with E-state index in [1.165, 1.54) is 17.2 Å². The SMILES string of the molecule is CCN(C(=O)c1ccc(Cl)cc1-n1nccn1)[C@@H](C)COc1cnc(C(F)(F)F)cn1. The first-order valence-electron chi connectivity index (χ1n) is 9.20. The van der Waals surface area contributed by atoms with Gasteiger partial charge in [0.15, 0.2) is 5.69 Å². The number of rotatable bonds is 7. The van der Waals surface area contributed by atoms with Crippen LogP contribution < -0.4 is 4.74 Å². The Labute approximate surface area is 180 Å². The van der Waals surface area contributed by atoms with Crippen molar-refractivity contribution in [3.8, 4) is 11.6 Å². The first-order chi connectivity index (χ1) is 14.7. The Hall–Kier alpha value is -3.21. The van der Waals surface area contributed by atoms with Crippen molar-refractivity contribution >= 4 is 17.5 Å². The average Bonchev–Trinajstić information content (AvgIpc) is 3.27. The molecule has 2 aromatic heterocycles. The van der Waals surface area contributed by atoms with Crippen LogP contribution in [0.15, 0.2) is 43.0 Å². The first-order valence-corrected chi connectivity index (χ1v) is 9.57. The molecule has 0 radical (unpaired) electrons. The van der Waals surface area contributed by atoms with Crippen LogP contribution in [0.3, 0.4) is 0 Å². The van der Waals surface area contributed by atoms with Gasteiger partial charge >= 0.3 is 6.18 Å². The number of ether oxygens (including phenoxy) is 1. The molecule has 1 aromatic carbocycles. The van der Waals surface area contributed by atoms with Crippen molar-refractivity contribution in [2.24, 2.45) is 0 Å². The summed E-state index contributed by atoms with van der Waals surface area (Å²) in [6, 6.07) is 4.34. The molecule has 3 aromatic rings. The summed E-state index contributed by atoms with van der Waals surface area (Å²) in [6.45, 7) is 3.91. The number of carbonyl (C=O) groups excluding carboxylic acids is 1. The fourth-order valence-corrected chi connectivity index (χ4v) is 3.00. The highest BCUT2D eigenvalue weighted by molar-refractivity contribution is 6.31. The van der Waals surface area contributed by atoms with E-state index in [4.69, 9.17) is 16.3 Å². The van der Waals surface area contributed by atoms with Gasteiger partial charge in [-0.1, -0.05) is 11.6 Å². The summed E-state index contributed by atoms with van der Waals surface area (Å²) < 4.78 is 43.2. The highest BCUT2D eigenvalue weighted by Crippen LogP contribution is 2.27. The molecule has 0 fully saturated rings. The van der Waals surface area contributed by atoms with E-state index in [1.54, 1.807) is 36.9 Å². The largest absolute Gasteiger partial charge is 0.474 e. The topological polar surface area (TPSA) is 86.0 Å². The van der Waals surface area contributed by atoms with E-state index < -0.39 is 17.9 Å². The van der Waals surface area contributed by atoms with Gasteiger partial charge in [0.2, 0.25) is 5.88 Å². The molecule has 0 aliphatic rings. The molecule has 1 amide bonds. The summed E-state index contributed by atoms with van der Waals surface area (Å²) in [5.74, 6) is -0.377. The summed E-state index contributed by atoms with van der Waals surface area (Å²) in [5, 5.41) is 8.53. The summed E-state index contributed by atoms with van der Waals surface area (Å²) in [7, 11) is 0. The second kappa shape index (κ2) is 9.29. The Morgan fingerprint density at radius 2 is 1.94 bits per heavy atom. The normalized spacial score (nSPS) is 12.5. The van der Waals surface area contributed by atoms with Gasteiger partial charge in [-0.25, -0.2) is 9.97 Å². The van der Waals surface area contributed by atoms with Crippen molar-refractivity contribution in [1.29, 1.82) is 0 Å². The minimum Gasteiger partial charge on any atom is -0.474 e. The molecule has 31 heavy (non-hydrogen) atoms. The Balaban J connectivity index is 1.74. The van der Waals surface area contributed by atoms with Crippen molar-refractivity contribution in [3.63, 3.8) is 0 Å².